The summed E-state index contributed by atoms with van der Waals surface area (Å²) >= 11 is 1.66. The van der Waals surface area contributed by atoms with Gasteiger partial charge in [-0.1, -0.05) is 20.8 Å². The van der Waals surface area contributed by atoms with Crippen LogP contribution in [0.25, 0.3) is 0 Å². The molecule has 0 spiro atoms. The topological polar surface area (TPSA) is 77.2 Å². The Kier molecular flexibility index (Phi) is 9.76. The second kappa shape index (κ2) is 9.92. The van der Waals surface area contributed by atoms with Gasteiger partial charge in [0.05, 0.1) is 16.1 Å². The van der Waals surface area contributed by atoms with Crippen LogP contribution < -0.4 is 11.1 Å². The van der Waals surface area contributed by atoms with Crippen molar-refractivity contribution in [1.29, 1.82) is 0 Å². The largest absolute Gasteiger partial charge is 0.381 e. The lowest BCUT2D eigenvalue weighted by Gasteiger charge is -2.34. The lowest BCUT2D eigenvalue weighted by molar-refractivity contribution is -0.135. The van der Waals surface area contributed by atoms with Crippen LogP contribution in [0.15, 0.2) is 5.38 Å². The molecule has 1 aliphatic heterocycles. The highest BCUT2D eigenvalue weighted by Crippen LogP contribution is 2.29. The molecule has 1 amide bonds. The number of ether oxygens (including phenoxy) is 1. The monoisotopic (exact) mass is 397 g/mol. The second-order valence-electron chi connectivity index (χ2n) is 6.98. The Bertz CT molecular complexity index is 512. The third-order valence-electron chi connectivity index (χ3n) is 4.27. The summed E-state index contributed by atoms with van der Waals surface area (Å²) in [4.78, 5) is 17.1. The Morgan fingerprint density at radius 3 is 2.50 bits per heavy atom. The molecule has 0 unspecified atom stereocenters. The van der Waals surface area contributed by atoms with Gasteiger partial charge in [-0.15, -0.1) is 36.2 Å². The van der Waals surface area contributed by atoms with E-state index in [-0.39, 0.29) is 36.1 Å². The van der Waals surface area contributed by atoms with Gasteiger partial charge in [0.1, 0.15) is 0 Å². The minimum atomic E-state index is -0.447. The zero-order valence-corrected chi connectivity index (χ0v) is 17.0. The Balaban J connectivity index is 0.00000264. The van der Waals surface area contributed by atoms with E-state index in [4.69, 9.17) is 10.5 Å². The van der Waals surface area contributed by atoms with E-state index in [2.05, 4.69) is 36.5 Å². The number of halogens is 2. The Morgan fingerprint density at radius 2 is 2.00 bits per heavy atom. The standard InChI is InChI=1S/C16H27N3O2S.2ClH/c1-15(2,3)12-10-22-13(19-12)4-7-18-14(20)16(11-17)5-8-21-9-6-16;;/h10H,4-9,11,17H2,1-3H3,(H,18,20);2*1H. The number of hydrogen-bond acceptors (Lipinski definition) is 5. The van der Waals surface area contributed by atoms with Crippen molar-refractivity contribution >= 4 is 42.1 Å². The van der Waals surface area contributed by atoms with E-state index in [9.17, 15) is 4.79 Å². The number of aromatic nitrogens is 1. The molecular formula is C16H29Cl2N3O2S. The van der Waals surface area contributed by atoms with E-state index >= 15 is 0 Å². The quantitative estimate of drug-likeness (QED) is 0.800. The van der Waals surface area contributed by atoms with Gasteiger partial charge < -0.3 is 15.8 Å². The van der Waals surface area contributed by atoms with Crippen LogP contribution in [-0.2, 0) is 21.4 Å². The fraction of sp³-hybridized carbons (Fsp3) is 0.750. The summed E-state index contributed by atoms with van der Waals surface area (Å²) in [5.74, 6) is 0.0610. The van der Waals surface area contributed by atoms with E-state index in [1.165, 1.54) is 0 Å². The van der Waals surface area contributed by atoms with Gasteiger partial charge in [0.15, 0.2) is 0 Å². The average Bonchev–Trinajstić information content (AvgIpc) is 2.97. The molecule has 2 rings (SSSR count). The van der Waals surface area contributed by atoms with Gasteiger partial charge >= 0.3 is 0 Å². The first-order valence-corrected chi connectivity index (χ1v) is 8.76. The zero-order valence-electron chi connectivity index (χ0n) is 14.6. The average molecular weight is 398 g/mol. The number of hydrogen-bond donors (Lipinski definition) is 2. The fourth-order valence-electron chi connectivity index (χ4n) is 2.53. The summed E-state index contributed by atoms with van der Waals surface area (Å²) in [7, 11) is 0. The summed E-state index contributed by atoms with van der Waals surface area (Å²) in [6.45, 7) is 8.70. The van der Waals surface area contributed by atoms with Crippen LogP contribution in [-0.4, -0.2) is 37.2 Å². The van der Waals surface area contributed by atoms with Crippen molar-refractivity contribution in [3.8, 4) is 0 Å². The molecule has 0 aliphatic carbocycles. The van der Waals surface area contributed by atoms with Crippen molar-refractivity contribution in [3.63, 3.8) is 0 Å². The van der Waals surface area contributed by atoms with Gasteiger partial charge in [-0.25, -0.2) is 4.98 Å². The predicted molar refractivity (Wildman–Crippen MR) is 104 cm³/mol. The van der Waals surface area contributed by atoms with Gasteiger partial charge in [-0.3, -0.25) is 4.79 Å². The number of carbonyl (C=O) groups is 1. The van der Waals surface area contributed by atoms with Gasteiger partial charge in [-0.2, -0.15) is 0 Å². The molecule has 5 nitrogen and oxygen atoms in total. The number of thiazole rings is 1. The first-order valence-electron chi connectivity index (χ1n) is 7.88. The van der Waals surface area contributed by atoms with Crippen LogP contribution >= 0.6 is 36.2 Å². The summed E-state index contributed by atoms with van der Waals surface area (Å²) < 4.78 is 5.34. The molecule has 2 heterocycles. The van der Waals surface area contributed by atoms with Crippen LogP contribution in [0.2, 0.25) is 0 Å². The SMILES string of the molecule is CC(C)(C)c1csc(CCNC(=O)C2(CN)CCOCC2)n1.Cl.Cl. The minimum absolute atomic E-state index is 0. The predicted octanol–water partition coefficient (Wildman–Crippen LogP) is 2.70. The van der Waals surface area contributed by atoms with Crippen molar-refractivity contribution in [2.24, 2.45) is 11.1 Å². The maximum Gasteiger partial charge on any atom is 0.227 e. The van der Waals surface area contributed by atoms with Crippen LogP contribution in [0, 0.1) is 5.41 Å². The normalized spacial score (nSPS) is 16.7. The number of nitrogens with one attached hydrogen (secondary N) is 1. The molecule has 1 fully saturated rings. The van der Waals surface area contributed by atoms with Gasteiger partial charge in [0.25, 0.3) is 0 Å². The Labute approximate surface area is 161 Å². The minimum Gasteiger partial charge on any atom is -0.381 e. The number of amides is 1. The molecule has 3 N–H and O–H groups in total. The number of rotatable bonds is 5. The first kappa shape index (κ1) is 23.6. The fourth-order valence-corrected chi connectivity index (χ4v) is 3.55. The Hall–Kier alpha value is -0.400. The molecular weight excluding hydrogens is 369 g/mol. The molecule has 8 heteroatoms. The zero-order chi connectivity index (χ0) is 16.2. The van der Waals surface area contributed by atoms with Crippen molar-refractivity contribution in [1.82, 2.24) is 10.3 Å². The highest BCUT2D eigenvalue weighted by molar-refractivity contribution is 7.09. The summed E-state index contributed by atoms with van der Waals surface area (Å²) in [5, 5.41) is 6.21. The maximum absolute atomic E-state index is 12.4. The number of nitrogens with two attached hydrogens (primary N) is 1. The van der Waals surface area contributed by atoms with E-state index in [0.717, 1.165) is 17.1 Å². The van der Waals surface area contributed by atoms with E-state index in [0.29, 0.717) is 39.1 Å². The van der Waals surface area contributed by atoms with Gasteiger partial charge in [-0.05, 0) is 12.8 Å². The molecule has 1 saturated heterocycles. The van der Waals surface area contributed by atoms with E-state index in [1.54, 1.807) is 11.3 Å². The maximum atomic E-state index is 12.4. The van der Waals surface area contributed by atoms with Gasteiger partial charge in [0.2, 0.25) is 5.91 Å². The number of nitrogens with zero attached hydrogens (tertiary/aromatic N) is 1. The Morgan fingerprint density at radius 1 is 1.38 bits per heavy atom. The molecule has 1 aliphatic rings. The van der Waals surface area contributed by atoms with E-state index < -0.39 is 5.41 Å². The first-order chi connectivity index (χ1) is 10.4. The van der Waals surface area contributed by atoms with Crippen molar-refractivity contribution < 1.29 is 9.53 Å². The highest BCUT2D eigenvalue weighted by Gasteiger charge is 2.38. The lowest BCUT2D eigenvalue weighted by Crippen LogP contribution is -2.49. The van der Waals surface area contributed by atoms with Crippen molar-refractivity contribution in [2.75, 3.05) is 26.3 Å². The highest BCUT2D eigenvalue weighted by atomic mass is 35.5. The molecule has 1 aromatic heterocycles. The molecule has 140 valence electrons. The summed E-state index contributed by atoms with van der Waals surface area (Å²) in [5.41, 5.74) is 6.59. The second-order valence-corrected chi connectivity index (χ2v) is 7.92. The molecule has 0 aromatic carbocycles. The lowest BCUT2D eigenvalue weighted by atomic mass is 9.79. The van der Waals surface area contributed by atoms with Crippen LogP contribution in [0.4, 0.5) is 0 Å². The summed E-state index contributed by atoms with van der Waals surface area (Å²) in [6.07, 6.45) is 2.19. The van der Waals surface area contributed by atoms with Crippen molar-refractivity contribution in [2.45, 2.75) is 45.4 Å². The summed E-state index contributed by atoms with van der Waals surface area (Å²) in [6, 6.07) is 0. The third kappa shape index (κ3) is 5.85. The van der Waals surface area contributed by atoms with E-state index in [1.807, 2.05) is 0 Å². The molecule has 1 aromatic rings. The molecule has 0 bridgehead atoms. The van der Waals surface area contributed by atoms with Crippen LogP contribution in [0.3, 0.4) is 0 Å². The number of carbonyl (C=O) groups excluding carboxylic acids is 1. The smallest absolute Gasteiger partial charge is 0.227 e. The molecule has 24 heavy (non-hydrogen) atoms. The molecule has 0 radical (unpaired) electrons. The van der Waals surface area contributed by atoms with Crippen LogP contribution in [0.5, 0.6) is 0 Å². The van der Waals surface area contributed by atoms with Gasteiger partial charge in [0, 0.05) is 43.5 Å². The van der Waals surface area contributed by atoms with Crippen LogP contribution in [0.1, 0.15) is 44.3 Å². The molecule has 0 atom stereocenters. The third-order valence-corrected chi connectivity index (χ3v) is 5.18. The van der Waals surface area contributed by atoms with Crippen molar-refractivity contribution in [3.05, 3.63) is 16.1 Å². The molecule has 0 saturated carbocycles.